The Hall–Kier alpha value is -3.40. The van der Waals surface area contributed by atoms with E-state index in [1.165, 1.54) is 0 Å². The molecule has 1 aliphatic rings. The molecular weight excluding hydrogens is 352 g/mol. The largest absolute Gasteiger partial charge is 0.494 e. The van der Waals surface area contributed by atoms with E-state index >= 15 is 0 Å². The van der Waals surface area contributed by atoms with Gasteiger partial charge in [-0.15, -0.1) is 0 Å². The molecule has 3 aromatic carbocycles. The van der Waals surface area contributed by atoms with Gasteiger partial charge in [-0.2, -0.15) is 0 Å². The van der Waals surface area contributed by atoms with E-state index in [-0.39, 0.29) is 17.1 Å². The quantitative estimate of drug-likeness (QED) is 0.462. The van der Waals surface area contributed by atoms with Crippen molar-refractivity contribution in [1.82, 2.24) is 0 Å². The average molecular weight is 372 g/mol. The number of carbonyl (C=O) groups is 2. The Morgan fingerprint density at radius 2 is 1.46 bits per heavy atom. The van der Waals surface area contributed by atoms with E-state index < -0.39 is 0 Å². The molecule has 0 atom stereocenters. The third kappa shape index (κ3) is 2.97. The van der Waals surface area contributed by atoms with Crippen LogP contribution in [0, 0.1) is 0 Å². The Labute approximate surface area is 163 Å². The maximum atomic E-state index is 12.8. The molecule has 4 nitrogen and oxygen atoms in total. The van der Waals surface area contributed by atoms with Gasteiger partial charge in [-0.1, -0.05) is 36.4 Å². The third-order valence-electron chi connectivity index (χ3n) is 4.80. The molecule has 3 aromatic rings. The highest BCUT2D eigenvalue weighted by Crippen LogP contribution is 2.35. The molecule has 0 amide bonds. The first-order chi connectivity index (χ1) is 13.6. The molecule has 0 aromatic heterocycles. The van der Waals surface area contributed by atoms with E-state index in [1.54, 1.807) is 30.3 Å². The second-order valence-corrected chi connectivity index (χ2v) is 6.49. The van der Waals surface area contributed by atoms with Crippen LogP contribution in [0.2, 0.25) is 0 Å². The molecule has 0 saturated heterocycles. The van der Waals surface area contributed by atoms with Crippen molar-refractivity contribution in [2.45, 2.75) is 13.8 Å². The van der Waals surface area contributed by atoms with Gasteiger partial charge in [0.15, 0.2) is 11.6 Å². The summed E-state index contributed by atoms with van der Waals surface area (Å²) < 4.78 is 11.4. The Kier molecular flexibility index (Phi) is 4.70. The van der Waals surface area contributed by atoms with E-state index in [9.17, 15) is 9.59 Å². The van der Waals surface area contributed by atoms with Crippen LogP contribution in [0.3, 0.4) is 0 Å². The number of hydrogen-bond donors (Lipinski definition) is 0. The maximum absolute atomic E-state index is 12.8. The standard InChI is InChI=1S/C24H20O4/c1-3-27-16-11-9-15-10-12-22(28-4-2)20(19(15)13-16)14-21-23(25)17-7-5-6-8-18(17)24(21)26/h5-14H,3-4H2,1-2H3. The molecule has 4 rings (SSSR count). The molecule has 28 heavy (non-hydrogen) atoms. The third-order valence-corrected chi connectivity index (χ3v) is 4.80. The lowest BCUT2D eigenvalue weighted by Crippen LogP contribution is -2.02. The summed E-state index contributed by atoms with van der Waals surface area (Å²) in [4.78, 5) is 25.7. The smallest absolute Gasteiger partial charge is 0.197 e. The maximum Gasteiger partial charge on any atom is 0.197 e. The van der Waals surface area contributed by atoms with Crippen LogP contribution < -0.4 is 9.47 Å². The SMILES string of the molecule is CCOc1ccc2ccc(OCC)c(C=C3C(=O)c4ccccc4C3=O)c2c1. The number of carbonyl (C=O) groups excluding carboxylic acids is 2. The summed E-state index contributed by atoms with van der Waals surface area (Å²) in [7, 11) is 0. The summed E-state index contributed by atoms with van der Waals surface area (Å²) >= 11 is 0. The fourth-order valence-electron chi connectivity index (χ4n) is 3.54. The van der Waals surface area contributed by atoms with Crippen molar-refractivity contribution in [2.75, 3.05) is 13.2 Å². The minimum Gasteiger partial charge on any atom is -0.494 e. The number of rotatable bonds is 5. The number of ether oxygens (including phenoxy) is 2. The summed E-state index contributed by atoms with van der Waals surface area (Å²) in [6, 6.07) is 16.5. The molecule has 0 heterocycles. The Morgan fingerprint density at radius 1 is 0.821 bits per heavy atom. The van der Waals surface area contributed by atoms with Crippen LogP contribution in [0.4, 0.5) is 0 Å². The molecule has 0 aliphatic heterocycles. The number of ketones is 2. The highest BCUT2D eigenvalue weighted by Gasteiger charge is 2.33. The van der Waals surface area contributed by atoms with E-state index in [2.05, 4.69) is 0 Å². The molecule has 0 bridgehead atoms. The van der Waals surface area contributed by atoms with E-state index in [0.29, 0.717) is 35.7 Å². The van der Waals surface area contributed by atoms with Gasteiger partial charge >= 0.3 is 0 Å². The van der Waals surface area contributed by atoms with Crippen molar-refractivity contribution in [3.8, 4) is 11.5 Å². The number of hydrogen-bond acceptors (Lipinski definition) is 4. The van der Waals surface area contributed by atoms with Gasteiger partial charge in [0.05, 0.1) is 18.8 Å². The Morgan fingerprint density at radius 3 is 2.11 bits per heavy atom. The van der Waals surface area contributed by atoms with Crippen LogP contribution in [-0.4, -0.2) is 24.8 Å². The van der Waals surface area contributed by atoms with Gasteiger partial charge in [-0.3, -0.25) is 9.59 Å². The lowest BCUT2D eigenvalue weighted by molar-refractivity contribution is 0.0990. The van der Waals surface area contributed by atoms with Crippen LogP contribution in [0.1, 0.15) is 40.1 Å². The molecule has 0 unspecified atom stereocenters. The van der Waals surface area contributed by atoms with Crippen LogP contribution in [-0.2, 0) is 0 Å². The van der Waals surface area contributed by atoms with Gasteiger partial charge in [0.1, 0.15) is 11.5 Å². The fourth-order valence-corrected chi connectivity index (χ4v) is 3.54. The van der Waals surface area contributed by atoms with Crippen molar-refractivity contribution < 1.29 is 19.1 Å². The molecule has 140 valence electrons. The molecule has 0 fully saturated rings. The molecule has 0 radical (unpaired) electrons. The zero-order valence-corrected chi connectivity index (χ0v) is 15.8. The normalized spacial score (nSPS) is 13.0. The van der Waals surface area contributed by atoms with Crippen molar-refractivity contribution in [2.24, 2.45) is 0 Å². The molecule has 4 heteroatoms. The topological polar surface area (TPSA) is 52.6 Å². The van der Waals surface area contributed by atoms with Crippen molar-refractivity contribution >= 4 is 28.4 Å². The zero-order chi connectivity index (χ0) is 19.7. The first-order valence-corrected chi connectivity index (χ1v) is 9.36. The van der Waals surface area contributed by atoms with Crippen LogP contribution in [0.15, 0.2) is 60.2 Å². The highest BCUT2D eigenvalue weighted by molar-refractivity contribution is 6.41. The van der Waals surface area contributed by atoms with E-state index in [0.717, 1.165) is 16.5 Å². The lowest BCUT2D eigenvalue weighted by atomic mass is 9.99. The number of benzene rings is 3. The molecule has 0 N–H and O–H groups in total. The lowest BCUT2D eigenvalue weighted by Gasteiger charge is -2.12. The van der Waals surface area contributed by atoms with Gasteiger partial charge in [-0.05, 0) is 48.9 Å². The zero-order valence-electron chi connectivity index (χ0n) is 15.8. The second kappa shape index (κ2) is 7.31. The summed E-state index contributed by atoms with van der Waals surface area (Å²) in [5.74, 6) is 0.866. The molecular formula is C24H20O4. The van der Waals surface area contributed by atoms with Crippen LogP contribution in [0.25, 0.3) is 16.8 Å². The Balaban J connectivity index is 1.93. The van der Waals surface area contributed by atoms with Crippen molar-refractivity contribution in [3.05, 3.63) is 76.9 Å². The molecule has 0 spiro atoms. The summed E-state index contributed by atoms with van der Waals surface area (Å²) in [6.07, 6.45) is 1.66. The highest BCUT2D eigenvalue weighted by atomic mass is 16.5. The predicted octanol–water partition coefficient (Wildman–Crippen LogP) is 5.10. The Bertz CT molecular complexity index is 1080. The fraction of sp³-hybridized carbons (Fsp3) is 0.167. The minimum atomic E-state index is -0.249. The van der Waals surface area contributed by atoms with Gasteiger partial charge in [0.2, 0.25) is 0 Å². The average Bonchev–Trinajstić information content (AvgIpc) is 2.95. The van der Waals surface area contributed by atoms with Crippen LogP contribution >= 0.6 is 0 Å². The first kappa shape index (κ1) is 18.0. The summed E-state index contributed by atoms with van der Waals surface area (Å²) in [5, 5.41) is 1.86. The molecule has 0 saturated carbocycles. The minimum absolute atomic E-state index is 0.163. The first-order valence-electron chi connectivity index (χ1n) is 9.36. The van der Waals surface area contributed by atoms with Crippen LogP contribution in [0.5, 0.6) is 11.5 Å². The summed E-state index contributed by atoms with van der Waals surface area (Å²) in [6.45, 7) is 4.87. The van der Waals surface area contributed by atoms with E-state index in [1.807, 2.05) is 44.2 Å². The number of allylic oxidation sites excluding steroid dienone is 1. The monoisotopic (exact) mass is 372 g/mol. The van der Waals surface area contributed by atoms with Crippen molar-refractivity contribution in [1.29, 1.82) is 0 Å². The van der Waals surface area contributed by atoms with Gasteiger partial charge in [0, 0.05) is 16.7 Å². The predicted molar refractivity (Wildman–Crippen MR) is 109 cm³/mol. The van der Waals surface area contributed by atoms with Gasteiger partial charge in [0.25, 0.3) is 0 Å². The van der Waals surface area contributed by atoms with E-state index in [4.69, 9.17) is 9.47 Å². The summed E-state index contributed by atoms with van der Waals surface area (Å²) in [5.41, 5.74) is 1.78. The second-order valence-electron chi connectivity index (χ2n) is 6.49. The van der Waals surface area contributed by atoms with Gasteiger partial charge in [-0.25, -0.2) is 0 Å². The van der Waals surface area contributed by atoms with Crippen molar-refractivity contribution in [3.63, 3.8) is 0 Å². The molecule has 1 aliphatic carbocycles. The van der Waals surface area contributed by atoms with Gasteiger partial charge < -0.3 is 9.47 Å². The number of fused-ring (bicyclic) bond motifs is 2. The number of Topliss-reactive ketones (excluding diaryl/α,β-unsaturated/α-hetero) is 2.